The normalized spacial score (nSPS) is 13.3. The highest BCUT2D eigenvalue weighted by Crippen LogP contribution is 2.20. The van der Waals surface area contributed by atoms with Crippen LogP contribution in [0, 0.1) is 11.8 Å². The summed E-state index contributed by atoms with van der Waals surface area (Å²) < 4.78 is 0. The van der Waals surface area contributed by atoms with Crippen LogP contribution in [0.1, 0.15) is 239 Å². The Balaban J connectivity index is 2.53. The number of rotatable bonds is 57. The van der Waals surface area contributed by atoms with Crippen LogP contribution in [0.3, 0.4) is 0 Å². The van der Waals surface area contributed by atoms with E-state index in [1.54, 1.807) is 19.1 Å². The van der Waals surface area contributed by atoms with Gasteiger partial charge < -0.3 is 57.4 Å². The molecule has 0 radical (unpaired) electrons. The molecule has 1 aromatic rings. The highest BCUT2D eigenvalue weighted by Gasteiger charge is 2.34. The van der Waals surface area contributed by atoms with Crippen molar-refractivity contribution in [2.45, 2.75) is 270 Å². The first-order valence-corrected chi connectivity index (χ1v) is 32.6. The van der Waals surface area contributed by atoms with Crippen molar-refractivity contribution < 1.29 is 87.9 Å². The van der Waals surface area contributed by atoms with E-state index in [0.717, 1.165) is 64.2 Å². The quantitative estimate of drug-likeness (QED) is 0.0283. The van der Waals surface area contributed by atoms with Crippen LogP contribution in [-0.2, 0) is 68.7 Å². The number of carbonyl (C=O) groups is 13. The first-order chi connectivity index (χ1) is 42.7. The average molecular weight is 1270 g/mol. The predicted molar refractivity (Wildman–Crippen MR) is 337 cm³/mol. The van der Waals surface area contributed by atoms with Crippen molar-refractivity contribution in [1.82, 2.24) is 31.9 Å². The van der Waals surface area contributed by atoms with Crippen LogP contribution >= 0.6 is 0 Å². The Hall–Kier alpha value is -6.95. The molecule has 0 aliphatic heterocycles. The number of carboxylic acids is 4. The number of benzene rings is 1. The number of nitrogens with one attached hydrogen (secondary N) is 6. The molecule has 0 aliphatic carbocycles. The van der Waals surface area contributed by atoms with Gasteiger partial charge in [-0.25, -0.2) is 4.79 Å². The van der Waals surface area contributed by atoms with Gasteiger partial charge in [-0.2, -0.15) is 0 Å². The summed E-state index contributed by atoms with van der Waals surface area (Å²) in [4.78, 5) is 163. The van der Waals surface area contributed by atoms with E-state index in [0.29, 0.717) is 44.1 Å². The summed E-state index contributed by atoms with van der Waals surface area (Å²) in [6.07, 6.45) is 15.5. The Morgan fingerprint density at radius 3 is 1.47 bits per heavy atom. The number of hydrogen-bond donors (Lipinski definition) is 11. The average Bonchev–Trinajstić information content (AvgIpc) is 1.12. The fraction of sp³-hybridized carbons (Fsp3) is 0.712. The zero-order valence-corrected chi connectivity index (χ0v) is 54.1. The van der Waals surface area contributed by atoms with Crippen LogP contribution < -0.4 is 31.9 Å². The second-order valence-electron chi connectivity index (χ2n) is 24.3. The molecule has 1 rings (SSSR count). The van der Waals surface area contributed by atoms with Crippen LogP contribution in [0.4, 0.5) is 0 Å². The molecule has 24 heteroatoms. The van der Waals surface area contributed by atoms with Crippen molar-refractivity contribution in [2.24, 2.45) is 11.8 Å². The van der Waals surface area contributed by atoms with Crippen LogP contribution in [-0.4, -0.2) is 151 Å². The zero-order chi connectivity index (χ0) is 67.4. The van der Waals surface area contributed by atoms with E-state index < -0.39 is 113 Å². The van der Waals surface area contributed by atoms with Gasteiger partial charge in [0.05, 0.1) is 42.5 Å². The van der Waals surface area contributed by atoms with Gasteiger partial charge in [0, 0.05) is 71.3 Å². The fourth-order valence-corrected chi connectivity index (χ4v) is 10.3. The van der Waals surface area contributed by atoms with Crippen LogP contribution in [0.25, 0.3) is 0 Å². The number of amides is 4. The lowest BCUT2D eigenvalue weighted by atomic mass is 9.94. The lowest BCUT2D eigenvalue weighted by Crippen LogP contribution is -2.59. The minimum absolute atomic E-state index is 0.0365. The number of carbonyl (C=O) groups excluding carboxylic acids is 9. The molecule has 0 bridgehead atoms. The van der Waals surface area contributed by atoms with Gasteiger partial charge in [0.25, 0.3) is 0 Å². The van der Waals surface area contributed by atoms with Gasteiger partial charge in [-0.05, 0) is 89.3 Å². The molecule has 0 saturated carbocycles. The van der Waals surface area contributed by atoms with Gasteiger partial charge in [0.1, 0.15) is 35.2 Å². The lowest BCUT2D eigenvalue weighted by Gasteiger charge is -2.29. The van der Waals surface area contributed by atoms with Gasteiger partial charge in [0.2, 0.25) is 23.6 Å². The minimum Gasteiger partial charge on any atom is -0.508 e. The van der Waals surface area contributed by atoms with Crippen molar-refractivity contribution in [3.8, 4) is 5.75 Å². The minimum atomic E-state index is -1.53. The number of hydrogen-bond acceptors (Lipinski definition) is 16. The Kier molecular flexibility index (Phi) is 42.4. The highest BCUT2D eigenvalue weighted by atomic mass is 16.4. The molecule has 4 amide bonds. The predicted octanol–water partition coefficient (Wildman–Crippen LogP) is 7.40. The summed E-state index contributed by atoms with van der Waals surface area (Å²) in [5.41, 5.74) is -0.738. The number of carboxylic acid groups (broad SMARTS) is 4. The number of ketones is 5. The van der Waals surface area contributed by atoms with E-state index in [-0.39, 0.29) is 107 Å². The highest BCUT2D eigenvalue weighted by molar-refractivity contribution is 5.96. The lowest BCUT2D eigenvalue weighted by molar-refractivity contribution is -0.145. The van der Waals surface area contributed by atoms with E-state index >= 15 is 0 Å². The maximum absolute atomic E-state index is 13.6. The topological polar surface area (TPSA) is 395 Å². The summed E-state index contributed by atoms with van der Waals surface area (Å²) >= 11 is 0. The van der Waals surface area contributed by atoms with Crippen LogP contribution in [0.2, 0.25) is 0 Å². The molecule has 1 aromatic carbocycles. The SMILES string of the molecule is CCCC[C@H](NCC(=O)C(C)(C)NC(=O)[C@@H](Cc1ccc(O)cc1)NC(C)=O)C(=O)CN[C@@H](CCCCNC(=O)CC[C@H](CC(=O)CC[C@H](NC(=O)CC[C@H](CC(=O)CCCCCCCCCCCCCCCCC(=O)O)C(=O)O)C(=O)O)C(=O)O)C(=O)CC. The molecular formula is C66H106N6O18. The third kappa shape index (κ3) is 38.6. The Morgan fingerprint density at radius 1 is 0.478 bits per heavy atom. The van der Waals surface area contributed by atoms with E-state index in [4.69, 9.17) is 5.11 Å². The van der Waals surface area contributed by atoms with Crippen LogP contribution in [0.5, 0.6) is 5.75 Å². The molecule has 11 N–H and O–H groups in total. The van der Waals surface area contributed by atoms with Crippen molar-refractivity contribution in [3.05, 3.63) is 29.8 Å². The third-order valence-corrected chi connectivity index (χ3v) is 16.0. The van der Waals surface area contributed by atoms with E-state index in [9.17, 15) is 82.8 Å². The monoisotopic (exact) mass is 1270 g/mol. The summed E-state index contributed by atoms with van der Waals surface area (Å²) in [7, 11) is 0. The second kappa shape index (κ2) is 47.0. The van der Waals surface area contributed by atoms with Gasteiger partial charge in [-0.3, -0.25) is 57.5 Å². The molecule has 0 unspecified atom stereocenters. The maximum atomic E-state index is 13.6. The number of phenols is 1. The van der Waals surface area contributed by atoms with Gasteiger partial charge >= 0.3 is 23.9 Å². The second-order valence-corrected chi connectivity index (χ2v) is 24.3. The first-order valence-electron chi connectivity index (χ1n) is 32.6. The summed E-state index contributed by atoms with van der Waals surface area (Å²) in [5, 5.41) is 64.1. The molecule has 508 valence electrons. The third-order valence-electron chi connectivity index (χ3n) is 16.0. The molecule has 0 aliphatic rings. The smallest absolute Gasteiger partial charge is 0.326 e. The van der Waals surface area contributed by atoms with E-state index in [1.165, 1.54) is 58.6 Å². The number of Topliss-reactive ketones (excluding diaryl/α,β-unsaturated/α-hetero) is 5. The summed E-state index contributed by atoms with van der Waals surface area (Å²) in [5.74, 6) is -11.2. The van der Waals surface area contributed by atoms with Crippen molar-refractivity contribution in [3.63, 3.8) is 0 Å². The molecule has 0 heterocycles. The number of aliphatic carboxylic acids is 4. The van der Waals surface area contributed by atoms with Crippen molar-refractivity contribution in [1.29, 1.82) is 0 Å². The molecule has 0 saturated heterocycles. The van der Waals surface area contributed by atoms with E-state index in [2.05, 4.69) is 31.9 Å². The van der Waals surface area contributed by atoms with Crippen LogP contribution in [0.15, 0.2) is 24.3 Å². The van der Waals surface area contributed by atoms with Gasteiger partial charge in [-0.1, -0.05) is 116 Å². The first kappa shape index (κ1) is 81.1. The van der Waals surface area contributed by atoms with Gasteiger partial charge in [0.15, 0.2) is 11.6 Å². The molecule has 0 aromatic heterocycles. The Morgan fingerprint density at radius 2 is 0.967 bits per heavy atom. The number of aromatic hydroxyl groups is 1. The Bertz CT molecular complexity index is 2430. The molecule has 0 fully saturated rings. The summed E-state index contributed by atoms with van der Waals surface area (Å²) in [6.45, 7) is 7.68. The fourth-order valence-electron chi connectivity index (χ4n) is 10.3. The van der Waals surface area contributed by atoms with Gasteiger partial charge in [-0.15, -0.1) is 0 Å². The standard InChI is InChI=1S/C66H106N6O18/c1-6-8-26-53(69-44-58(79)66(4,5)72-62(84)55(70-45(3)73)40-46-29-33-49(74)34-30-46)57(78)43-68-52(56(77)7-2)27-23-24-39-67-59(80)37-31-47(63(85)86)42-51(76)35-36-54(65(89)90)71-60(81)38-32-48(64(87)88)41-50(75)25-21-19-17-15-13-11-9-10-12-14-16-18-20-22-28-61(82)83/h29-30,33-34,47-48,52-55,68-69,74H,6-28,31-32,35-44H2,1-5H3,(H,67,80)(H,70,73)(H,71,81)(H,72,84)(H,82,83)(H,85,86)(H,87,88)(H,89,90)/t47-,48-,52+,53+,54+,55-/m1/s1. The molecule has 90 heavy (non-hydrogen) atoms. The van der Waals surface area contributed by atoms with E-state index in [1.807, 2.05) is 6.92 Å². The largest absolute Gasteiger partial charge is 0.508 e. The van der Waals surface area contributed by atoms with Crippen molar-refractivity contribution in [2.75, 3.05) is 19.6 Å². The molecule has 24 nitrogen and oxygen atoms in total. The Labute approximate surface area is 531 Å². The maximum Gasteiger partial charge on any atom is 0.326 e. The number of unbranched alkanes of at least 4 members (excludes halogenated alkanes) is 15. The summed E-state index contributed by atoms with van der Waals surface area (Å²) in [6, 6.07) is 2.15. The molecular weight excluding hydrogens is 1160 g/mol. The molecule has 0 spiro atoms. The zero-order valence-electron chi connectivity index (χ0n) is 54.1. The molecule has 6 atom stereocenters. The van der Waals surface area contributed by atoms with Crippen molar-refractivity contribution >= 4 is 76.4 Å². The number of phenolic OH excluding ortho intramolecular Hbond substituents is 1.